The van der Waals surface area contributed by atoms with E-state index < -0.39 is 0 Å². The Morgan fingerprint density at radius 1 is 1.26 bits per heavy atom. The lowest BCUT2D eigenvalue weighted by Gasteiger charge is -2.41. The van der Waals surface area contributed by atoms with Gasteiger partial charge in [-0.15, -0.1) is 0 Å². The van der Waals surface area contributed by atoms with Crippen molar-refractivity contribution in [3.05, 3.63) is 30.1 Å². The van der Waals surface area contributed by atoms with Gasteiger partial charge in [0.05, 0.1) is 17.9 Å². The number of pyridine rings is 1. The first kappa shape index (κ1) is 16.4. The number of rotatable bonds is 3. The molecule has 0 aromatic carbocycles. The average molecular weight is 318 g/mol. The van der Waals surface area contributed by atoms with Crippen LogP contribution < -0.4 is 5.32 Å². The lowest BCUT2D eigenvalue weighted by atomic mass is 10.1. The van der Waals surface area contributed by atoms with Crippen molar-refractivity contribution >= 4 is 5.91 Å². The van der Waals surface area contributed by atoms with E-state index in [1.54, 1.807) is 6.20 Å². The molecule has 6 nitrogen and oxygen atoms in total. The lowest BCUT2D eigenvalue weighted by molar-refractivity contribution is -0.144. The van der Waals surface area contributed by atoms with E-state index in [9.17, 15) is 4.79 Å². The Morgan fingerprint density at radius 3 is 2.57 bits per heavy atom. The summed E-state index contributed by atoms with van der Waals surface area (Å²) in [7, 11) is 0. The molecule has 1 aromatic rings. The number of aromatic nitrogens is 1. The second-order valence-electron chi connectivity index (χ2n) is 6.44. The molecule has 1 N–H and O–H groups in total. The zero-order valence-corrected chi connectivity index (χ0v) is 13.9. The minimum absolute atomic E-state index is 0.126. The molecule has 0 bridgehead atoms. The molecule has 23 heavy (non-hydrogen) atoms. The van der Waals surface area contributed by atoms with Crippen molar-refractivity contribution < 1.29 is 9.53 Å². The third-order valence-corrected chi connectivity index (χ3v) is 4.44. The number of hydrogen-bond donors (Lipinski definition) is 1. The summed E-state index contributed by atoms with van der Waals surface area (Å²) >= 11 is 0. The van der Waals surface area contributed by atoms with Crippen molar-refractivity contribution in [3.8, 4) is 0 Å². The normalized spacial score (nSPS) is 27.7. The van der Waals surface area contributed by atoms with Gasteiger partial charge in [0, 0.05) is 45.5 Å². The maximum atomic E-state index is 13.2. The molecule has 126 valence electrons. The maximum absolute atomic E-state index is 13.2. The summed E-state index contributed by atoms with van der Waals surface area (Å²) in [5, 5.41) is 3.30. The van der Waals surface area contributed by atoms with Crippen LogP contribution in [0.1, 0.15) is 25.6 Å². The van der Waals surface area contributed by atoms with Gasteiger partial charge in [-0.1, -0.05) is 6.07 Å². The fourth-order valence-corrected chi connectivity index (χ4v) is 3.49. The number of nitrogens with zero attached hydrogens (tertiary/aromatic N) is 3. The van der Waals surface area contributed by atoms with E-state index in [0.717, 1.165) is 45.0 Å². The largest absolute Gasteiger partial charge is 0.373 e. The maximum Gasteiger partial charge on any atom is 0.246 e. The summed E-state index contributed by atoms with van der Waals surface area (Å²) in [5.74, 6) is 0.159. The van der Waals surface area contributed by atoms with Gasteiger partial charge in [-0.25, -0.2) is 0 Å². The second-order valence-corrected chi connectivity index (χ2v) is 6.44. The van der Waals surface area contributed by atoms with E-state index in [2.05, 4.69) is 29.0 Å². The van der Waals surface area contributed by atoms with E-state index in [-0.39, 0.29) is 24.2 Å². The summed E-state index contributed by atoms with van der Waals surface area (Å²) in [5.41, 5.74) is 0.831. The van der Waals surface area contributed by atoms with Gasteiger partial charge in [0.2, 0.25) is 5.91 Å². The predicted octanol–water partition coefficient (Wildman–Crippen LogP) is 0.664. The highest BCUT2D eigenvalue weighted by atomic mass is 16.5. The molecule has 3 unspecified atom stereocenters. The Morgan fingerprint density at radius 2 is 1.96 bits per heavy atom. The highest BCUT2D eigenvalue weighted by Crippen LogP contribution is 2.26. The number of carbonyl (C=O) groups is 1. The summed E-state index contributed by atoms with van der Waals surface area (Å²) in [4.78, 5) is 21.8. The van der Waals surface area contributed by atoms with E-state index >= 15 is 0 Å². The number of carbonyl (C=O) groups excluding carboxylic acids is 1. The molecule has 1 aromatic heterocycles. The molecule has 3 atom stereocenters. The molecule has 2 aliphatic rings. The van der Waals surface area contributed by atoms with Gasteiger partial charge < -0.3 is 15.0 Å². The van der Waals surface area contributed by atoms with Crippen molar-refractivity contribution in [2.75, 3.05) is 39.3 Å². The standard InChI is InChI=1S/C17H26N4O2/c1-13-11-21(12-14(2)23-13)16(15-5-3-4-6-19-15)17(22)20-9-7-18-8-10-20/h3-6,13-14,16,18H,7-12H2,1-2H3. The van der Waals surface area contributed by atoms with Crippen molar-refractivity contribution in [2.24, 2.45) is 0 Å². The molecular weight excluding hydrogens is 292 g/mol. The molecule has 0 saturated carbocycles. The van der Waals surface area contributed by atoms with Gasteiger partial charge in [0.1, 0.15) is 6.04 Å². The zero-order chi connectivity index (χ0) is 16.2. The molecule has 2 saturated heterocycles. The van der Waals surface area contributed by atoms with E-state index in [1.807, 2.05) is 23.1 Å². The number of piperazine rings is 1. The number of hydrogen-bond acceptors (Lipinski definition) is 5. The van der Waals surface area contributed by atoms with Crippen molar-refractivity contribution in [3.63, 3.8) is 0 Å². The predicted molar refractivity (Wildman–Crippen MR) is 88.0 cm³/mol. The van der Waals surface area contributed by atoms with Crippen molar-refractivity contribution in [2.45, 2.75) is 32.1 Å². The molecular formula is C17H26N4O2. The Kier molecular flexibility index (Phi) is 5.25. The third kappa shape index (κ3) is 3.88. The summed E-state index contributed by atoms with van der Waals surface area (Å²) in [6.07, 6.45) is 2.02. The van der Waals surface area contributed by atoms with Crippen LogP contribution in [0.2, 0.25) is 0 Å². The first-order chi connectivity index (χ1) is 11.1. The molecule has 6 heteroatoms. The first-order valence-electron chi connectivity index (χ1n) is 8.45. The van der Waals surface area contributed by atoms with Gasteiger partial charge in [0.15, 0.2) is 0 Å². The van der Waals surface area contributed by atoms with E-state index in [0.29, 0.717) is 0 Å². The molecule has 0 spiro atoms. The van der Waals surface area contributed by atoms with Crippen LogP contribution in [0.5, 0.6) is 0 Å². The molecule has 0 radical (unpaired) electrons. The van der Waals surface area contributed by atoms with Crippen molar-refractivity contribution in [1.82, 2.24) is 20.1 Å². The quantitative estimate of drug-likeness (QED) is 0.887. The molecule has 1 amide bonds. The van der Waals surface area contributed by atoms with Crippen LogP contribution in [0.15, 0.2) is 24.4 Å². The zero-order valence-electron chi connectivity index (χ0n) is 13.9. The van der Waals surface area contributed by atoms with E-state index in [4.69, 9.17) is 4.74 Å². The number of nitrogens with one attached hydrogen (secondary N) is 1. The van der Waals surface area contributed by atoms with Crippen LogP contribution in [0, 0.1) is 0 Å². The Balaban J connectivity index is 1.85. The van der Waals surface area contributed by atoms with Crippen LogP contribution in [-0.2, 0) is 9.53 Å². The summed E-state index contributed by atoms with van der Waals surface area (Å²) in [6, 6.07) is 5.48. The van der Waals surface area contributed by atoms with Crippen molar-refractivity contribution in [1.29, 1.82) is 0 Å². The van der Waals surface area contributed by atoms with Gasteiger partial charge in [0.25, 0.3) is 0 Å². The smallest absolute Gasteiger partial charge is 0.246 e. The highest BCUT2D eigenvalue weighted by Gasteiger charge is 2.36. The molecule has 2 fully saturated rings. The number of amides is 1. The Hall–Kier alpha value is -1.50. The third-order valence-electron chi connectivity index (χ3n) is 4.44. The van der Waals surface area contributed by atoms with Gasteiger partial charge in [-0.05, 0) is 26.0 Å². The highest BCUT2D eigenvalue weighted by molar-refractivity contribution is 5.83. The molecule has 0 aliphatic carbocycles. The SMILES string of the molecule is CC1CN(C(C(=O)N2CCNCC2)c2ccccn2)CC(C)O1. The lowest BCUT2D eigenvalue weighted by Crippen LogP contribution is -2.54. The van der Waals surface area contributed by atoms with Gasteiger partial charge in [-0.2, -0.15) is 0 Å². The van der Waals surface area contributed by atoms with Crippen LogP contribution in [0.3, 0.4) is 0 Å². The van der Waals surface area contributed by atoms with Crippen LogP contribution in [0.25, 0.3) is 0 Å². The minimum Gasteiger partial charge on any atom is -0.373 e. The average Bonchev–Trinajstić information content (AvgIpc) is 2.56. The topological polar surface area (TPSA) is 57.7 Å². The summed E-state index contributed by atoms with van der Waals surface area (Å²) in [6.45, 7) is 8.87. The minimum atomic E-state index is -0.317. The fourth-order valence-electron chi connectivity index (χ4n) is 3.49. The monoisotopic (exact) mass is 318 g/mol. The Bertz CT molecular complexity index is 509. The molecule has 2 aliphatic heterocycles. The Labute approximate surface area is 137 Å². The van der Waals surface area contributed by atoms with Gasteiger partial charge in [-0.3, -0.25) is 14.7 Å². The first-order valence-corrected chi connectivity index (χ1v) is 8.45. The van der Waals surface area contributed by atoms with Crippen LogP contribution in [-0.4, -0.2) is 72.2 Å². The number of ether oxygens (including phenoxy) is 1. The summed E-state index contributed by atoms with van der Waals surface area (Å²) < 4.78 is 5.83. The fraction of sp³-hybridized carbons (Fsp3) is 0.647. The molecule has 3 heterocycles. The number of morpholine rings is 1. The molecule has 3 rings (SSSR count). The second kappa shape index (κ2) is 7.38. The van der Waals surface area contributed by atoms with Gasteiger partial charge >= 0.3 is 0 Å². The van der Waals surface area contributed by atoms with Crippen LogP contribution >= 0.6 is 0 Å². The van der Waals surface area contributed by atoms with Crippen LogP contribution in [0.4, 0.5) is 0 Å². The van der Waals surface area contributed by atoms with E-state index in [1.165, 1.54) is 0 Å².